The summed E-state index contributed by atoms with van der Waals surface area (Å²) < 4.78 is 10.7. The molecule has 0 saturated heterocycles. The molecule has 0 amide bonds. The van der Waals surface area contributed by atoms with Gasteiger partial charge in [0.25, 0.3) is 0 Å². The molecule has 0 fully saturated rings. The van der Waals surface area contributed by atoms with E-state index < -0.39 is 14.1 Å². The van der Waals surface area contributed by atoms with E-state index in [0.717, 1.165) is 26.8 Å². The number of phenolic OH excluding ortho intramolecular Hbond substituents is 2. The summed E-state index contributed by atoms with van der Waals surface area (Å²) in [6.45, 7) is 25.7. The molecule has 0 aromatic heterocycles. The summed E-state index contributed by atoms with van der Waals surface area (Å²) in [6.07, 6.45) is 3.49. The van der Waals surface area contributed by atoms with Crippen LogP contribution in [0.25, 0.3) is 0 Å². The Morgan fingerprint density at radius 3 is 1.34 bits per heavy atom. The molecule has 3 aromatic rings. The molecule has 0 unspecified atom stereocenters. The zero-order valence-corrected chi connectivity index (χ0v) is 27.9. The Labute approximate surface area is 252 Å². The number of benzene rings is 3. The maximum absolute atomic E-state index is 11.3. The van der Waals surface area contributed by atoms with Crippen LogP contribution < -0.4 is 4.50 Å². The van der Waals surface area contributed by atoms with Crippen molar-refractivity contribution >= 4 is 16.9 Å². The molecule has 0 aliphatic carbocycles. The molecule has 2 N–H and O–H groups in total. The van der Waals surface area contributed by atoms with Crippen molar-refractivity contribution in [1.82, 2.24) is 0 Å². The second-order valence-corrected chi connectivity index (χ2v) is 16.5. The van der Waals surface area contributed by atoms with Crippen LogP contribution in [0.4, 0.5) is 0 Å². The van der Waals surface area contributed by atoms with Gasteiger partial charge in [-0.1, -0.05) is 0 Å². The van der Waals surface area contributed by atoms with Gasteiger partial charge in [-0.25, -0.2) is 0 Å². The van der Waals surface area contributed by atoms with Gasteiger partial charge in [-0.15, -0.1) is 0 Å². The van der Waals surface area contributed by atoms with Crippen molar-refractivity contribution in [2.24, 2.45) is 8.08 Å². The Bertz CT molecular complexity index is 1340. The number of hydrogen-bond acceptors (Lipinski definition) is 4. The topological polar surface area (TPSA) is 65.2 Å². The van der Waals surface area contributed by atoms with Crippen molar-refractivity contribution in [1.29, 1.82) is 0 Å². The fourth-order valence-electron chi connectivity index (χ4n) is 4.27. The van der Waals surface area contributed by atoms with E-state index in [-0.39, 0.29) is 33.2 Å². The number of rotatable bonds is 5. The molecular formula is C36H48CoN2O2. The molecule has 0 aliphatic rings. The summed E-state index contributed by atoms with van der Waals surface area (Å²) in [7, 11) is 0. The predicted molar refractivity (Wildman–Crippen MR) is 171 cm³/mol. The first-order valence-electron chi connectivity index (χ1n) is 14.1. The third kappa shape index (κ3) is 8.11. The molecule has 3 rings (SSSR count). The van der Waals surface area contributed by atoms with E-state index in [1.807, 2.05) is 36.4 Å². The number of aromatic hydroxyl groups is 2. The summed E-state index contributed by atoms with van der Waals surface area (Å²) >= 11 is -1.39. The van der Waals surface area contributed by atoms with Crippen molar-refractivity contribution in [3.63, 3.8) is 0 Å². The Morgan fingerprint density at radius 2 is 1.02 bits per heavy atom. The molecule has 0 heterocycles. The normalized spacial score (nSPS) is 13.8. The number of phenols is 2. The quantitative estimate of drug-likeness (QED) is 0.289. The van der Waals surface area contributed by atoms with E-state index in [1.54, 1.807) is 12.4 Å². The van der Waals surface area contributed by atoms with Gasteiger partial charge in [0, 0.05) is 0 Å². The summed E-state index contributed by atoms with van der Waals surface area (Å²) in [5.41, 5.74) is 4.76. The number of nitrogens with zero attached hydrogens (tertiary/aromatic N) is 2. The molecular weight excluding hydrogens is 551 g/mol. The minimum absolute atomic E-state index is 0.0907. The van der Waals surface area contributed by atoms with Crippen molar-refractivity contribution in [3.8, 4) is 11.5 Å². The molecule has 0 spiro atoms. The third-order valence-electron chi connectivity index (χ3n) is 6.97. The molecule has 5 heteroatoms. The van der Waals surface area contributed by atoms with Gasteiger partial charge in [-0.2, -0.15) is 0 Å². The van der Waals surface area contributed by atoms with Crippen LogP contribution in [0.5, 0.6) is 11.5 Å². The second-order valence-electron chi connectivity index (χ2n) is 14.8. The van der Waals surface area contributed by atoms with E-state index in [0.29, 0.717) is 11.1 Å². The van der Waals surface area contributed by atoms with E-state index >= 15 is 0 Å². The zero-order valence-electron chi connectivity index (χ0n) is 26.9. The fraction of sp³-hybridized carbons (Fsp3) is 0.444. The van der Waals surface area contributed by atoms with Gasteiger partial charge in [-0.05, 0) is 0 Å². The fourth-order valence-corrected chi connectivity index (χ4v) is 5.65. The molecule has 0 atom stereocenters. The average molecular weight is 600 g/mol. The van der Waals surface area contributed by atoms with Crippen LogP contribution >= 0.6 is 0 Å². The van der Waals surface area contributed by atoms with Gasteiger partial charge >= 0.3 is 254 Å². The van der Waals surface area contributed by atoms with Gasteiger partial charge in [0.05, 0.1) is 0 Å². The average Bonchev–Trinajstić information content (AvgIpc) is 2.83. The maximum atomic E-state index is 11.3. The summed E-state index contributed by atoms with van der Waals surface area (Å²) in [5.74, 6) is 0.491. The van der Waals surface area contributed by atoms with Crippen LogP contribution in [0.2, 0.25) is 0 Å². The monoisotopic (exact) mass is 599 g/mol. The van der Waals surface area contributed by atoms with E-state index in [1.165, 1.54) is 0 Å². The second kappa shape index (κ2) is 11.8. The Kier molecular flexibility index (Phi) is 9.36. The Hall–Kier alpha value is -2.89. The standard InChI is InChI=1S/2C15H22NO.C6H4.Co/c2*1-14(2,3)11-7-10(9-16)13(17)12(8-11)15(4,5)6;1-2-4-6-5-3-1;/h2*7-9,17H,1-6H3;1-4H;/q2*-1;;+2. The van der Waals surface area contributed by atoms with Gasteiger partial charge < -0.3 is 0 Å². The molecule has 3 aromatic carbocycles. The molecule has 0 bridgehead atoms. The van der Waals surface area contributed by atoms with Gasteiger partial charge in [0.15, 0.2) is 0 Å². The predicted octanol–water partition coefficient (Wildman–Crippen LogP) is 8.40. The minimum atomic E-state index is -1.39. The SMILES string of the molecule is CC(C)(C)c1cc(C=[N][Co]([N]=Cc2cc(C(C)(C)C)cc(C(C)(C)C)c2O)[c]2[c]cccc2)c(O)c(C(C)(C)C)c1. The van der Waals surface area contributed by atoms with E-state index in [9.17, 15) is 10.2 Å². The van der Waals surface area contributed by atoms with E-state index in [4.69, 9.17) is 8.08 Å². The van der Waals surface area contributed by atoms with Gasteiger partial charge in [-0.3, -0.25) is 0 Å². The molecule has 41 heavy (non-hydrogen) atoms. The first-order chi connectivity index (χ1) is 18.7. The van der Waals surface area contributed by atoms with Crippen LogP contribution in [0.15, 0.2) is 56.6 Å². The molecule has 223 valence electrons. The molecule has 1 radical (unpaired) electrons. The third-order valence-corrected chi connectivity index (χ3v) is 8.58. The van der Waals surface area contributed by atoms with Crippen LogP contribution in [-0.2, 0) is 35.7 Å². The van der Waals surface area contributed by atoms with Crippen molar-refractivity contribution in [2.45, 2.75) is 105 Å². The summed E-state index contributed by atoms with van der Waals surface area (Å²) in [5, 5.41) is 22.6. The number of hydrogen-bond donors (Lipinski definition) is 2. The van der Waals surface area contributed by atoms with Crippen LogP contribution in [0.1, 0.15) is 116 Å². The van der Waals surface area contributed by atoms with Gasteiger partial charge in [0.1, 0.15) is 0 Å². The molecule has 0 saturated carbocycles. The van der Waals surface area contributed by atoms with Crippen molar-refractivity contribution in [2.75, 3.05) is 0 Å². The van der Waals surface area contributed by atoms with Crippen LogP contribution in [0.3, 0.4) is 0 Å². The Morgan fingerprint density at radius 1 is 0.610 bits per heavy atom. The summed E-state index contributed by atoms with van der Waals surface area (Å²) in [4.78, 5) is 0. The first-order valence-corrected chi connectivity index (χ1v) is 15.6. The zero-order chi connectivity index (χ0) is 31.0. The van der Waals surface area contributed by atoms with Gasteiger partial charge in [0.2, 0.25) is 0 Å². The van der Waals surface area contributed by atoms with Crippen LogP contribution in [-0.4, -0.2) is 22.6 Å². The van der Waals surface area contributed by atoms with Crippen molar-refractivity contribution in [3.05, 3.63) is 88.0 Å². The van der Waals surface area contributed by atoms with E-state index in [2.05, 4.69) is 101 Å². The first kappa shape index (κ1) is 32.6. The molecule has 0 aliphatic heterocycles. The van der Waals surface area contributed by atoms with Crippen molar-refractivity contribution < 1.29 is 24.3 Å². The Balaban J connectivity index is 2.17. The summed E-state index contributed by atoms with van der Waals surface area (Å²) in [6, 6.07) is 19.3. The molecule has 4 nitrogen and oxygen atoms in total. The van der Waals surface area contributed by atoms with Crippen LogP contribution in [0, 0.1) is 6.07 Å².